The fraction of sp³-hybridized carbons (Fsp3) is 0.500. The van der Waals surface area contributed by atoms with E-state index in [0.29, 0.717) is 0 Å². The smallest absolute Gasteiger partial charge is 0.325 e. The second-order valence-electron chi connectivity index (χ2n) is 5.27. The van der Waals surface area contributed by atoms with Gasteiger partial charge in [-0.15, -0.1) is 0 Å². The predicted octanol–water partition coefficient (Wildman–Crippen LogP) is -1.88. The summed E-state index contributed by atoms with van der Waals surface area (Å²) in [5.74, 6) is -0.578. The van der Waals surface area contributed by atoms with E-state index in [1.165, 1.54) is 6.92 Å². The van der Waals surface area contributed by atoms with Gasteiger partial charge in [-0.3, -0.25) is 19.9 Å². The third-order valence-electron chi connectivity index (χ3n) is 3.83. The number of nitrogens with one attached hydrogen (secondary N) is 4. The number of H-pyrrole nitrogens is 2. The summed E-state index contributed by atoms with van der Waals surface area (Å²) in [6, 6.07) is -1.51. The Labute approximate surface area is 118 Å². The first-order valence-electron chi connectivity index (χ1n) is 6.33. The number of urea groups is 1. The maximum absolute atomic E-state index is 12.1. The molecule has 9 nitrogen and oxygen atoms in total. The highest BCUT2D eigenvalue weighted by Gasteiger charge is 2.46. The molecule has 1 aliphatic heterocycles. The fourth-order valence-electron chi connectivity index (χ4n) is 2.35. The van der Waals surface area contributed by atoms with Crippen molar-refractivity contribution in [2.45, 2.75) is 26.3 Å². The number of hydrogen-bond acceptors (Lipinski definition) is 5. The first-order chi connectivity index (χ1) is 9.77. The van der Waals surface area contributed by atoms with Crippen LogP contribution in [0.4, 0.5) is 4.79 Å². The van der Waals surface area contributed by atoms with Crippen LogP contribution in [0.5, 0.6) is 0 Å². The summed E-state index contributed by atoms with van der Waals surface area (Å²) in [7, 11) is 0. The Morgan fingerprint density at radius 2 is 1.86 bits per heavy atom. The first-order valence-corrected chi connectivity index (χ1v) is 6.33. The Kier molecular flexibility index (Phi) is 3.69. The number of carbonyl (C=O) groups excluding carboxylic acids is 2. The molecule has 1 fully saturated rings. The fourth-order valence-corrected chi connectivity index (χ4v) is 2.35. The maximum Gasteiger partial charge on any atom is 0.325 e. The molecule has 1 aromatic rings. The summed E-state index contributed by atoms with van der Waals surface area (Å²) >= 11 is 0. The Bertz CT molecular complexity index is 706. The molecule has 2 atom stereocenters. The van der Waals surface area contributed by atoms with Crippen molar-refractivity contribution in [3.63, 3.8) is 0 Å². The molecule has 0 saturated carbocycles. The zero-order valence-corrected chi connectivity index (χ0v) is 11.6. The molecule has 0 aromatic carbocycles. The zero-order valence-electron chi connectivity index (χ0n) is 11.6. The number of aromatic nitrogens is 2. The minimum Gasteiger partial charge on any atom is -0.394 e. The highest BCUT2D eigenvalue weighted by Crippen LogP contribution is 2.29. The van der Waals surface area contributed by atoms with Crippen molar-refractivity contribution in [1.29, 1.82) is 0 Å². The van der Waals surface area contributed by atoms with Gasteiger partial charge in [0.2, 0.25) is 5.91 Å². The summed E-state index contributed by atoms with van der Waals surface area (Å²) in [6.07, 6.45) is -0.00463. The van der Waals surface area contributed by atoms with Gasteiger partial charge < -0.3 is 15.4 Å². The molecular formula is C12H16N4O5. The van der Waals surface area contributed by atoms with E-state index in [1.54, 1.807) is 6.92 Å². The topological polar surface area (TPSA) is 144 Å². The summed E-state index contributed by atoms with van der Waals surface area (Å²) < 4.78 is 0. The highest BCUT2D eigenvalue weighted by atomic mass is 16.3. The quantitative estimate of drug-likeness (QED) is 0.443. The average molecular weight is 296 g/mol. The van der Waals surface area contributed by atoms with Crippen LogP contribution in [-0.2, 0) is 11.2 Å². The highest BCUT2D eigenvalue weighted by molar-refractivity contribution is 6.00. The molecular weight excluding hydrogens is 280 g/mol. The molecule has 0 radical (unpaired) electrons. The number of amides is 3. The van der Waals surface area contributed by atoms with E-state index < -0.39 is 41.3 Å². The molecule has 2 heterocycles. The zero-order chi connectivity index (χ0) is 15.8. The van der Waals surface area contributed by atoms with Gasteiger partial charge in [-0.1, -0.05) is 0 Å². The maximum atomic E-state index is 12.1. The van der Waals surface area contributed by atoms with Crippen molar-refractivity contribution < 1.29 is 14.7 Å². The number of aliphatic hydroxyl groups is 1. The third kappa shape index (κ3) is 2.59. The SMILES string of the molecule is Cc1c(C[C@@]2(C)C(=O)NC(=O)N[C@H]2CO)[nH]c(=O)[nH]c1=O. The van der Waals surface area contributed by atoms with Crippen molar-refractivity contribution in [3.05, 3.63) is 32.1 Å². The average Bonchev–Trinajstić information content (AvgIpc) is 2.40. The van der Waals surface area contributed by atoms with Gasteiger partial charge >= 0.3 is 11.7 Å². The van der Waals surface area contributed by atoms with E-state index in [2.05, 4.69) is 20.6 Å². The van der Waals surface area contributed by atoms with Crippen molar-refractivity contribution >= 4 is 11.9 Å². The monoisotopic (exact) mass is 296 g/mol. The van der Waals surface area contributed by atoms with Crippen LogP contribution in [0, 0.1) is 12.3 Å². The summed E-state index contributed by atoms with van der Waals surface area (Å²) in [4.78, 5) is 50.9. The van der Waals surface area contributed by atoms with Gasteiger partial charge in [-0.2, -0.15) is 0 Å². The summed E-state index contributed by atoms with van der Waals surface area (Å²) in [5.41, 5.74) is -1.85. The molecule has 0 bridgehead atoms. The van der Waals surface area contributed by atoms with E-state index in [4.69, 9.17) is 0 Å². The van der Waals surface area contributed by atoms with Gasteiger partial charge in [0, 0.05) is 17.7 Å². The van der Waals surface area contributed by atoms with Gasteiger partial charge in [0.1, 0.15) is 0 Å². The van der Waals surface area contributed by atoms with Crippen LogP contribution in [0.1, 0.15) is 18.2 Å². The van der Waals surface area contributed by atoms with Crippen molar-refractivity contribution in [2.24, 2.45) is 5.41 Å². The molecule has 9 heteroatoms. The third-order valence-corrected chi connectivity index (χ3v) is 3.83. The standard InChI is InChI=1S/C12H16N4O5/c1-5-6(13-10(20)15-8(5)18)3-12(2)7(4-17)14-11(21)16-9(12)19/h7,17H,3-4H2,1-2H3,(H2,13,15,18,20)(H2,14,16,19,21)/t7-,12+/m0/s1. The lowest BCUT2D eigenvalue weighted by molar-refractivity contribution is -0.132. The van der Waals surface area contributed by atoms with Gasteiger partial charge in [-0.05, 0) is 13.8 Å². The second kappa shape index (κ2) is 5.17. The van der Waals surface area contributed by atoms with Crippen LogP contribution >= 0.6 is 0 Å². The van der Waals surface area contributed by atoms with Gasteiger partial charge in [-0.25, -0.2) is 9.59 Å². The molecule has 0 spiro atoms. The van der Waals surface area contributed by atoms with Gasteiger partial charge in [0.25, 0.3) is 5.56 Å². The van der Waals surface area contributed by atoms with E-state index in [1.807, 2.05) is 0 Å². The molecule has 1 aromatic heterocycles. The van der Waals surface area contributed by atoms with Gasteiger partial charge in [0.05, 0.1) is 18.1 Å². The number of aliphatic hydroxyl groups excluding tert-OH is 1. The number of hydrogen-bond donors (Lipinski definition) is 5. The molecule has 114 valence electrons. The Hall–Kier alpha value is -2.42. The molecule has 0 unspecified atom stereocenters. The van der Waals surface area contributed by atoms with Crippen LogP contribution in [0.15, 0.2) is 9.59 Å². The summed E-state index contributed by atoms with van der Waals surface area (Å²) in [5, 5.41) is 14.0. The van der Waals surface area contributed by atoms with Crippen LogP contribution < -0.4 is 21.9 Å². The van der Waals surface area contributed by atoms with Crippen LogP contribution in [0.3, 0.4) is 0 Å². The van der Waals surface area contributed by atoms with Crippen LogP contribution in [-0.4, -0.2) is 39.7 Å². The molecule has 1 saturated heterocycles. The molecule has 5 N–H and O–H groups in total. The number of aromatic amines is 2. The summed E-state index contributed by atoms with van der Waals surface area (Å²) in [6.45, 7) is 2.62. The number of carbonyl (C=O) groups is 2. The number of imide groups is 1. The minimum absolute atomic E-state index is 0.00463. The molecule has 21 heavy (non-hydrogen) atoms. The van der Waals surface area contributed by atoms with Crippen molar-refractivity contribution in [3.8, 4) is 0 Å². The van der Waals surface area contributed by atoms with E-state index in [0.717, 1.165) is 0 Å². The van der Waals surface area contributed by atoms with E-state index in [-0.39, 0.29) is 17.7 Å². The Balaban J connectivity index is 2.45. The lowest BCUT2D eigenvalue weighted by Gasteiger charge is -2.39. The Morgan fingerprint density at radius 3 is 2.48 bits per heavy atom. The van der Waals surface area contributed by atoms with E-state index >= 15 is 0 Å². The predicted molar refractivity (Wildman–Crippen MR) is 71.8 cm³/mol. The molecule has 0 aliphatic carbocycles. The van der Waals surface area contributed by atoms with Crippen molar-refractivity contribution in [1.82, 2.24) is 20.6 Å². The lowest BCUT2D eigenvalue weighted by Crippen LogP contribution is -2.65. The molecule has 1 aliphatic rings. The largest absolute Gasteiger partial charge is 0.394 e. The van der Waals surface area contributed by atoms with Crippen molar-refractivity contribution in [2.75, 3.05) is 6.61 Å². The van der Waals surface area contributed by atoms with Gasteiger partial charge in [0.15, 0.2) is 0 Å². The van der Waals surface area contributed by atoms with Crippen LogP contribution in [0.25, 0.3) is 0 Å². The number of rotatable bonds is 3. The molecule has 2 rings (SSSR count). The first kappa shape index (κ1) is 15.0. The van der Waals surface area contributed by atoms with Crippen LogP contribution in [0.2, 0.25) is 0 Å². The van der Waals surface area contributed by atoms with E-state index in [9.17, 15) is 24.3 Å². The lowest BCUT2D eigenvalue weighted by atomic mass is 9.75. The Morgan fingerprint density at radius 1 is 1.19 bits per heavy atom. The minimum atomic E-state index is -1.19. The molecule has 3 amide bonds. The second-order valence-corrected chi connectivity index (χ2v) is 5.27. The normalized spacial score (nSPS) is 25.4.